The van der Waals surface area contributed by atoms with Crippen molar-refractivity contribution in [1.29, 1.82) is 5.26 Å². The van der Waals surface area contributed by atoms with Gasteiger partial charge in [0.25, 0.3) is 0 Å². The number of aromatic nitrogens is 2. The number of anilines is 2. The molecule has 3 aromatic carbocycles. The van der Waals surface area contributed by atoms with Gasteiger partial charge in [-0.15, -0.1) is 0 Å². The Morgan fingerprint density at radius 1 is 0.806 bits per heavy atom. The van der Waals surface area contributed by atoms with Crippen LogP contribution in [-0.4, -0.2) is 50.6 Å². The lowest BCUT2D eigenvalue weighted by atomic mass is 10.2. The first-order valence-corrected chi connectivity index (χ1v) is 11.3. The number of ether oxygens (including phenoxy) is 5. The molecule has 0 fully saturated rings. The van der Waals surface area contributed by atoms with E-state index in [2.05, 4.69) is 21.4 Å². The molecule has 0 amide bonds. The number of rotatable bonds is 12. The molecule has 0 bridgehead atoms. The molecule has 0 saturated carbocycles. The Balaban J connectivity index is 1.56. The monoisotopic (exact) mass is 486 g/mol. The second kappa shape index (κ2) is 12.4. The molecule has 1 N–H and O–H groups in total. The number of nitrogens with one attached hydrogen (secondary N) is 1. The molecule has 1 aromatic heterocycles. The number of benzene rings is 3. The van der Waals surface area contributed by atoms with Crippen molar-refractivity contribution in [2.75, 3.05) is 46.0 Å². The molecule has 0 aliphatic rings. The van der Waals surface area contributed by atoms with Crippen molar-refractivity contribution in [2.24, 2.45) is 0 Å². The second-order valence-corrected chi connectivity index (χ2v) is 7.58. The molecule has 0 aliphatic carbocycles. The SMILES string of the molecule is COCCOc1cc2ncnc(Nc3ccc(Oc4ccccc4C#N)cc3)c2cc1OCCOC. The van der Waals surface area contributed by atoms with Crippen LogP contribution in [0.1, 0.15) is 5.56 Å². The molecule has 9 nitrogen and oxygen atoms in total. The van der Waals surface area contributed by atoms with E-state index in [0.29, 0.717) is 66.3 Å². The van der Waals surface area contributed by atoms with Gasteiger partial charge in [-0.25, -0.2) is 9.97 Å². The van der Waals surface area contributed by atoms with Gasteiger partial charge >= 0.3 is 0 Å². The van der Waals surface area contributed by atoms with Gasteiger partial charge in [-0.05, 0) is 42.5 Å². The predicted molar refractivity (Wildman–Crippen MR) is 135 cm³/mol. The Hall–Kier alpha value is -4.39. The van der Waals surface area contributed by atoms with Gasteiger partial charge in [0.2, 0.25) is 0 Å². The molecular formula is C27H26N4O5. The summed E-state index contributed by atoms with van der Waals surface area (Å²) in [6, 6.07) is 20.3. The summed E-state index contributed by atoms with van der Waals surface area (Å²) >= 11 is 0. The number of hydrogen-bond donors (Lipinski definition) is 1. The molecule has 0 radical (unpaired) electrons. The third-order valence-corrected chi connectivity index (χ3v) is 5.14. The molecule has 0 aliphatic heterocycles. The Morgan fingerprint density at radius 2 is 1.50 bits per heavy atom. The van der Waals surface area contributed by atoms with Crippen LogP contribution in [0.5, 0.6) is 23.0 Å². The van der Waals surface area contributed by atoms with E-state index in [9.17, 15) is 5.26 Å². The third-order valence-electron chi connectivity index (χ3n) is 5.14. The van der Waals surface area contributed by atoms with E-state index in [0.717, 1.165) is 11.1 Å². The van der Waals surface area contributed by atoms with Crippen molar-refractivity contribution in [3.63, 3.8) is 0 Å². The van der Waals surface area contributed by atoms with Crippen molar-refractivity contribution >= 4 is 22.4 Å². The van der Waals surface area contributed by atoms with Gasteiger partial charge in [0, 0.05) is 31.4 Å². The molecule has 9 heteroatoms. The van der Waals surface area contributed by atoms with E-state index < -0.39 is 0 Å². The highest BCUT2D eigenvalue weighted by Crippen LogP contribution is 2.35. The molecule has 0 unspecified atom stereocenters. The average Bonchev–Trinajstić information content (AvgIpc) is 2.91. The topological polar surface area (TPSA) is 108 Å². The fourth-order valence-electron chi connectivity index (χ4n) is 3.38. The summed E-state index contributed by atoms with van der Waals surface area (Å²) in [5, 5.41) is 13.4. The summed E-state index contributed by atoms with van der Waals surface area (Å²) < 4.78 is 27.8. The van der Waals surface area contributed by atoms with Crippen LogP contribution in [0.25, 0.3) is 10.9 Å². The van der Waals surface area contributed by atoms with Gasteiger partial charge in [0.15, 0.2) is 11.5 Å². The fourth-order valence-corrected chi connectivity index (χ4v) is 3.38. The zero-order chi connectivity index (χ0) is 25.2. The summed E-state index contributed by atoms with van der Waals surface area (Å²) in [7, 11) is 3.24. The highest BCUT2D eigenvalue weighted by Gasteiger charge is 2.13. The van der Waals surface area contributed by atoms with Crippen LogP contribution in [0, 0.1) is 11.3 Å². The Kier molecular flexibility index (Phi) is 8.48. The van der Waals surface area contributed by atoms with E-state index in [1.807, 2.05) is 42.5 Å². The number of hydrogen-bond acceptors (Lipinski definition) is 9. The van der Waals surface area contributed by atoms with E-state index in [4.69, 9.17) is 23.7 Å². The van der Waals surface area contributed by atoms with Gasteiger partial charge < -0.3 is 29.0 Å². The first-order valence-electron chi connectivity index (χ1n) is 11.3. The second-order valence-electron chi connectivity index (χ2n) is 7.58. The Morgan fingerprint density at radius 3 is 2.19 bits per heavy atom. The first kappa shape index (κ1) is 24.7. The predicted octanol–water partition coefficient (Wildman–Crippen LogP) is 5.09. The highest BCUT2D eigenvalue weighted by atomic mass is 16.5. The molecule has 184 valence electrons. The lowest BCUT2D eigenvalue weighted by molar-refractivity contribution is 0.132. The molecule has 1 heterocycles. The average molecular weight is 487 g/mol. The minimum Gasteiger partial charge on any atom is -0.487 e. The minimum atomic E-state index is 0.371. The largest absolute Gasteiger partial charge is 0.487 e. The summed E-state index contributed by atoms with van der Waals surface area (Å²) in [5.41, 5.74) is 1.98. The van der Waals surface area contributed by atoms with Crippen LogP contribution >= 0.6 is 0 Å². The van der Waals surface area contributed by atoms with Gasteiger partial charge in [-0.2, -0.15) is 5.26 Å². The number of nitrogens with zero attached hydrogens (tertiary/aromatic N) is 3. The number of fused-ring (bicyclic) bond motifs is 1. The van der Waals surface area contributed by atoms with E-state index in [-0.39, 0.29) is 0 Å². The quantitative estimate of drug-likeness (QED) is 0.274. The van der Waals surface area contributed by atoms with Crippen molar-refractivity contribution in [1.82, 2.24) is 9.97 Å². The van der Waals surface area contributed by atoms with Crippen molar-refractivity contribution in [3.8, 4) is 29.1 Å². The lowest BCUT2D eigenvalue weighted by Crippen LogP contribution is -2.09. The smallest absolute Gasteiger partial charge is 0.163 e. The van der Waals surface area contributed by atoms with E-state index >= 15 is 0 Å². The molecule has 0 spiro atoms. The van der Waals surface area contributed by atoms with Crippen LogP contribution in [0.15, 0.2) is 67.0 Å². The lowest BCUT2D eigenvalue weighted by Gasteiger charge is -2.15. The zero-order valence-corrected chi connectivity index (χ0v) is 20.1. The van der Waals surface area contributed by atoms with Crippen molar-refractivity contribution in [2.45, 2.75) is 0 Å². The zero-order valence-electron chi connectivity index (χ0n) is 20.1. The van der Waals surface area contributed by atoms with Gasteiger partial charge in [0.05, 0.1) is 24.3 Å². The van der Waals surface area contributed by atoms with Gasteiger partial charge in [-0.1, -0.05) is 12.1 Å². The molecule has 36 heavy (non-hydrogen) atoms. The van der Waals surface area contributed by atoms with E-state index in [1.54, 1.807) is 32.4 Å². The maximum atomic E-state index is 9.26. The number of nitriles is 1. The van der Waals surface area contributed by atoms with Crippen molar-refractivity contribution in [3.05, 3.63) is 72.6 Å². The highest BCUT2D eigenvalue weighted by molar-refractivity contribution is 5.93. The molecule has 0 saturated heterocycles. The summed E-state index contributed by atoms with van der Waals surface area (Å²) in [6.45, 7) is 1.65. The van der Waals surface area contributed by atoms with Crippen LogP contribution in [0.4, 0.5) is 11.5 Å². The minimum absolute atomic E-state index is 0.371. The molecule has 4 aromatic rings. The molecular weight excluding hydrogens is 460 g/mol. The Bertz CT molecular complexity index is 1340. The maximum absolute atomic E-state index is 9.26. The van der Waals surface area contributed by atoms with Gasteiger partial charge in [-0.3, -0.25) is 0 Å². The summed E-state index contributed by atoms with van der Waals surface area (Å²) in [5.74, 6) is 2.87. The van der Waals surface area contributed by atoms with Gasteiger partial charge in [0.1, 0.15) is 42.9 Å². The molecule has 0 atom stereocenters. The normalized spacial score (nSPS) is 10.6. The third kappa shape index (κ3) is 6.18. The fraction of sp³-hybridized carbons (Fsp3) is 0.222. The van der Waals surface area contributed by atoms with E-state index in [1.165, 1.54) is 6.33 Å². The van der Waals surface area contributed by atoms with Crippen LogP contribution < -0.4 is 19.5 Å². The van der Waals surface area contributed by atoms with Crippen LogP contribution in [-0.2, 0) is 9.47 Å². The number of methoxy groups -OCH3 is 2. The standard InChI is InChI=1S/C27H26N4O5/c1-32-11-13-34-25-15-22-23(16-26(25)35-14-12-33-2)29-18-30-27(22)31-20-7-9-21(10-8-20)36-24-6-4-3-5-19(24)17-28/h3-10,15-16,18H,11-14H2,1-2H3,(H,29,30,31). The molecule has 4 rings (SSSR count). The van der Waals surface area contributed by atoms with Crippen LogP contribution in [0.3, 0.4) is 0 Å². The summed E-state index contributed by atoms with van der Waals surface area (Å²) in [4.78, 5) is 8.83. The van der Waals surface area contributed by atoms with Crippen LogP contribution in [0.2, 0.25) is 0 Å². The maximum Gasteiger partial charge on any atom is 0.163 e. The van der Waals surface area contributed by atoms with Crippen molar-refractivity contribution < 1.29 is 23.7 Å². The summed E-state index contributed by atoms with van der Waals surface area (Å²) in [6.07, 6.45) is 1.49. The first-order chi connectivity index (χ1) is 17.7. The Labute approximate surface area is 209 Å². The number of para-hydroxylation sites is 1.